The third-order valence-corrected chi connectivity index (χ3v) is 3.45. The second kappa shape index (κ2) is 4.11. The summed E-state index contributed by atoms with van der Waals surface area (Å²) in [7, 11) is 1.39. The van der Waals surface area contributed by atoms with E-state index in [0.29, 0.717) is 5.75 Å². The molecule has 0 saturated heterocycles. The maximum Gasteiger partial charge on any atom is 0.424 e. The van der Waals surface area contributed by atoms with E-state index < -0.39 is 6.87 Å². The molecule has 4 nitrogen and oxygen atoms in total. The van der Waals surface area contributed by atoms with Gasteiger partial charge in [0, 0.05) is 18.3 Å². The highest BCUT2D eigenvalue weighted by molar-refractivity contribution is 7.83. The van der Waals surface area contributed by atoms with E-state index in [1.807, 2.05) is 6.07 Å². The SMILES string of the molecule is CN(N)P(=O)(Cl)Oc1ccccc1. The van der Waals surface area contributed by atoms with Crippen molar-refractivity contribution in [1.82, 2.24) is 4.78 Å². The van der Waals surface area contributed by atoms with E-state index >= 15 is 0 Å². The van der Waals surface area contributed by atoms with Crippen molar-refractivity contribution < 1.29 is 9.09 Å². The van der Waals surface area contributed by atoms with E-state index in [-0.39, 0.29) is 0 Å². The fraction of sp³-hybridized carbons (Fsp3) is 0.143. The third-order valence-electron chi connectivity index (χ3n) is 1.34. The van der Waals surface area contributed by atoms with Crippen LogP contribution in [-0.4, -0.2) is 11.8 Å². The van der Waals surface area contributed by atoms with E-state index in [1.165, 1.54) is 7.05 Å². The number of hydrogen-bond acceptors (Lipinski definition) is 3. The lowest BCUT2D eigenvalue weighted by molar-refractivity contribution is 0.413. The Balaban J connectivity index is 2.76. The molecule has 0 fully saturated rings. The zero-order valence-electron chi connectivity index (χ0n) is 7.05. The predicted octanol–water partition coefficient (Wildman–Crippen LogP) is 2.22. The standard InChI is InChI=1S/C7H10ClN2O2P/c1-10(9)13(8,11)12-7-5-3-2-4-6-7/h2-6H,9H2,1H3. The first-order valence-electron chi connectivity index (χ1n) is 3.55. The summed E-state index contributed by atoms with van der Waals surface area (Å²) in [6, 6.07) is 8.63. The van der Waals surface area contributed by atoms with Crippen LogP contribution < -0.4 is 10.4 Å². The number of rotatable bonds is 3. The fourth-order valence-corrected chi connectivity index (χ4v) is 1.43. The van der Waals surface area contributed by atoms with Crippen molar-refractivity contribution >= 4 is 18.1 Å². The minimum Gasteiger partial charge on any atom is -0.421 e. The van der Waals surface area contributed by atoms with Gasteiger partial charge in [-0.3, -0.25) is 5.84 Å². The van der Waals surface area contributed by atoms with Crippen LogP contribution in [0.5, 0.6) is 5.75 Å². The highest BCUT2D eigenvalue weighted by Gasteiger charge is 2.24. The van der Waals surface area contributed by atoms with E-state index in [1.54, 1.807) is 24.3 Å². The van der Waals surface area contributed by atoms with Gasteiger partial charge in [0.25, 0.3) is 0 Å². The van der Waals surface area contributed by atoms with Gasteiger partial charge in [-0.2, -0.15) is 4.78 Å². The van der Waals surface area contributed by atoms with Gasteiger partial charge in [0.2, 0.25) is 0 Å². The number of para-hydroxylation sites is 1. The fourth-order valence-electron chi connectivity index (χ4n) is 0.676. The Morgan fingerprint density at radius 3 is 2.46 bits per heavy atom. The molecule has 72 valence electrons. The van der Waals surface area contributed by atoms with Crippen LogP contribution in [0.3, 0.4) is 0 Å². The second-order valence-corrected chi connectivity index (χ2v) is 5.43. The molecule has 1 unspecified atom stereocenters. The number of halogens is 1. The number of nitrogens with zero attached hydrogens (tertiary/aromatic N) is 1. The average molecular weight is 221 g/mol. The lowest BCUT2D eigenvalue weighted by Gasteiger charge is -2.17. The molecule has 0 aliphatic carbocycles. The van der Waals surface area contributed by atoms with Crippen LogP contribution in [0.4, 0.5) is 0 Å². The Morgan fingerprint density at radius 2 is 2.00 bits per heavy atom. The van der Waals surface area contributed by atoms with Gasteiger partial charge in [-0.05, 0) is 12.1 Å². The molecule has 0 amide bonds. The zero-order chi connectivity index (χ0) is 9.90. The molecular weight excluding hydrogens is 211 g/mol. The molecule has 0 saturated carbocycles. The van der Waals surface area contributed by atoms with Gasteiger partial charge in [0.15, 0.2) is 0 Å². The summed E-state index contributed by atoms with van der Waals surface area (Å²) in [4.78, 5) is 0. The largest absolute Gasteiger partial charge is 0.424 e. The van der Waals surface area contributed by atoms with Gasteiger partial charge >= 0.3 is 6.87 Å². The summed E-state index contributed by atoms with van der Waals surface area (Å²) >= 11 is 5.54. The Kier molecular flexibility index (Phi) is 3.33. The van der Waals surface area contributed by atoms with Crippen molar-refractivity contribution in [3.63, 3.8) is 0 Å². The molecule has 0 aromatic heterocycles. The predicted molar refractivity (Wildman–Crippen MR) is 52.5 cm³/mol. The minimum atomic E-state index is -3.40. The summed E-state index contributed by atoms with van der Waals surface area (Å²) in [5.41, 5.74) is 0. The maximum absolute atomic E-state index is 11.4. The summed E-state index contributed by atoms with van der Waals surface area (Å²) < 4.78 is 17.3. The first-order chi connectivity index (χ1) is 6.02. The Morgan fingerprint density at radius 1 is 1.46 bits per heavy atom. The lowest BCUT2D eigenvalue weighted by atomic mass is 10.3. The molecule has 1 aromatic carbocycles. The van der Waals surface area contributed by atoms with Crippen molar-refractivity contribution in [2.75, 3.05) is 7.05 Å². The molecule has 2 N–H and O–H groups in total. The molecule has 1 rings (SSSR count). The molecule has 0 aliphatic rings. The van der Waals surface area contributed by atoms with Crippen LogP contribution >= 0.6 is 18.1 Å². The normalized spacial score (nSPS) is 15.4. The molecule has 0 bridgehead atoms. The minimum absolute atomic E-state index is 0.429. The average Bonchev–Trinajstić information content (AvgIpc) is 2.05. The number of nitrogens with two attached hydrogens (primary N) is 1. The summed E-state index contributed by atoms with van der Waals surface area (Å²) in [6.07, 6.45) is 0. The highest BCUT2D eigenvalue weighted by Crippen LogP contribution is 2.52. The van der Waals surface area contributed by atoms with Crippen molar-refractivity contribution in [3.8, 4) is 5.75 Å². The summed E-state index contributed by atoms with van der Waals surface area (Å²) in [5.74, 6) is 5.66. The van der Waals surface area contributed by atoms with E-state index in [4.69, 9.17) is 21.6 Å². The third kappa shape index (κ3) is 3.01. The number of hydrogen-bond donors (Lipinski definition) is 1. The first kappa shape index (κ1) is 10.5. The van der Waals surface area contributed by atoms with Crippen LogP contribution in [-0.2, 0) is 4.57 Å². The Labute approximate surface area is 81.5 Å². The molecule has 1 atom stereocenters. The zero-order valence-corrected chi connectivity index (χ0v) is 8.70. The molecule has 13 heavy (non-hydrogen) atoms. The molecule has 0 spiro atoms. The number of benzene rings is 1. The second-order valence-electron chi connectivity index (χ2n) is 2.43. The smallest absolute Gasteiger partial charge is 0.421 e. The van der Waals surface area contributed by atoms with Crippen molar-refractivity contribution in [2.45, 2.75) is 0 Å². The maximum atomic E-state index is 11.4. The number of hydrazine groups is 1. The van der Waals surface area contributed by atoms with Crippen molar-refractivity contribution in [2.24, 2.45) is 5.84 Å². The van der Waals surface area contributed by atoms with Crippen LogP contribution in [0.15, 0.2) is 30.3 Å². The Bertz CT molecular complexity index is 318. The van der Waals surface area contributed by atoms with E-state index in [0.717, 1.165) is 4.78 Å². The van der Waals surface area contributed by atoms with Gasteiger partial charge in [-0.15, -0.1) is 0 Å². The Hall–Kier alpha value is -0.540. The van der Waals surface area contributed by atoms with Gasteiger partial charge in [-0.25, -0.2) is 4.57 Å². The van der Waals surface area contributed by atoms with Gasteiger partial charge in [0.1, 0.15) is 5.75 Å². The first-order valence-corrected chi connectivity index (χ1v) is 6.04. The molecule has 0 heterocycles. The van der Waals surface area contributed by atoms with Gasteiger partial charge in [0.05, 0.1) is 0 Å². The molecule has 6 heteroatoms. The van der Waals surface area contributed by atoms with Crippen LogP contribution in [0, 0.1) is 0 Å². The van der Waals surface area contributed by atoms with E-state index in [2.05, 4.69) is 0 Å². The van der Waals surface area contributed by atoms with Gasteiger partial charge in [-0.1, -0.05) is 18.2 Å². The molecule has 0 radical (unpaired) electrons. The van der Waals surface area contributed by atoms with Crippen LogP contribution in [0.2, 0.25) is 0 Å². The highest BCUT2D eigenvalue weighted by atomic mass is 35.7. The summed E-state index contributed by atoms with van der Waals surface area (Å²) in [6.45, 7) is -3.40. The van der Waals surface area contributed by atoms with E-state index in [9.17, 15) is 4.57 Å². The summed E-state index contributed by atoms with van der Waals surface area (Å²) in [5, 5.41) is 0. The molecular formula is C7H10ClN2O2P. The monoisotopic (exact) mass is 220 g/mol. The topological polar surface area (TPSA) is 55.6 Å². The lowest BCUT2D eigenvalue weighted by Crippen LogP contribution is -2.22. The quantitative estimate of drug-likeness (QED) is 0.482. The molecule has 1 aromatic rings. The van der Waals surface area contributed by atoms with Crippen molar-refractivity contribution in [1.29, 1.82) is 0 Å². The van der Waals surface area contributed by atoms with Crippen LogP contribution in [0.1, 0.15) is 0 Å². The van der Waals surface area contributed by atoms with Crippen LogP contribution in [0.25, 0.3) is 0 Å². The van der Waals surface area contributed by atoms with Gasteiger partial charge < -0.3 is 4.52 Å². The van der Waals surface area contributed by atoms with Crippen molar-refractivity contribution in [3.05, 3.63) is 30.3 Å². The molecule has 0 aliphatic heterocycles.